The molecule has 0 aromatic carbocycles. The van der Waals surface area contributed by atoms with Crippen molar-refractivity contribution in [3.05, 3.63) is 17.5 Å². The molecule has 16 heavy (non-hydrogen) atoms. The quantitative estimate of drug-likeness (QED) is 0.597. The summed E-state index contributed by atoms with van der Waals surface area (Å²) in [7, 11) is 0. The minimum atomic E-state index is -0.420. The number of hydrogen-bond acceptors (Lipinski definition) is 5. The van der Waals surface area contributed by atoms with Crippen molar-refractivity contribution in [3.63, 3.8) is 0 Å². The maximum atomic E-state index is 11.3. The highest BCUT2D eigenvalue weighted by molar-refractivity contribution is 6.29. The summed E-state index contributed by atoms with van der Waals surface area (Å²) >= 11 is 5.59. The highest BCUT2D eigenvalue weighted by Crippen LogP contribution is 2.07. The summed E-state index contributed by atoms with van der Waals surface area (Å²) in [6, 6.07) is 1.39. The molecule has 0 saturated carbocycles. The van der Waals surface area contributed by atoms with Crippen molar-refractivity contribution in [2.45, 2.75) is 0 Å². The summed E-state index contributed by atoms with van der Waals surface area (Å²) in [4.78, 5) is 29.4. The molecule has 0 spiro atoms. The zero-order valence-corrected chi connectivity index (χ0v) is 8.99. The van der Waals surface area contributed by atoms with Crippen LogP contribution in [-0.4, -0.2) is 34.9 Å². The van der Waals surface area contributed by atoms with Gasteiger partial charge in [-0.1, -0.05) is 11.6 Å². The predicted molar refractivity (Wildman–Crippen MR) is 57.7 cm³/mol. The third-order valence-corrected chi connectivity index (χ3v) is 1.74. The van der Waals surface area contributed by atoms with Crippen LogP contribution in [0.1, 0.15) is 0 Å². The van der Waals surface area contributed by atoms with Gasteiger partial charge in [0.1, 0.15) is 17.3 Å². The van der Waals surface area contributed by atoms with Gasteiger partial charge in [0, 0.05) is 6.07 Å². The largest absolute Gasteiger partial charge is 0.346 e. The van der Waals surface area contributed by atoms with E-state index in [9.17, 15) is 9.59 Å². The van der Waals surface area contributed by atoms with Gasteiger partial charge in [-0.05, 0) is 0 Å². The van der Waals surface area contributed by atoms with Gasteiger partial charge in [0.15, 0.2) is 0 Å². The molecule has 0 unspecified atom stereocenters. The monoisotopic (exact) mass is 243 g/mol. The standard InChI is InChI=1S/C8H10ClN5O2/c9-5-1-6(13-4-12-5)14-8(16)3-11-7(15)2-10/h1,4H,2-3,10H2,(H,11,15)(H,12,13,14,16). The molecule has 1 rings (SSSR count). The molecule has 0 atom stereocenters. The summed E-state index contributed by atoms with van der Waals surface area (Å²) in [6.07, 6.45) is 1.22. The number of carbonyl (C=O) groups excluding carboxylic acids is 2. The van der Waals surface area contributed by atoms with Crippen LogP contribution >= 0.6 is 11.6 Å². The average molecular weight is 244 g/mol. The third kappa shape index (κ3) is 4.20. The second kappa shape index (κ2) is 5.99. The number of nitrogens with zero attached hydrogens (tertiary/aromatic N) is 2. The second-order valence-corrected chi connectivity index (χ2v) is 3.14. The van der Waals surface area contributed by atoms with Gasteiger partial charge in [-0.15, -0.1) is 0 Å². The van der Waals surface area contributed by atoms with Crippen LogP contribution in [0.3, 0.4) is 0 Å². The minimum Gasteiger partial charge on any atom is -0.346 e. The normalized spacial score (nSPS) is 9.62. The van der Waals surface area contributed by atoms with E-state index in [1.54, 1.807) is 0 Å². The van der Waals surface area contributed by atoms with E-state index in [0.717, 1.165) is 0 Å². The molecule has 0 saturated heterocycles. The summed E-state index contributed by atoms with van der Waals surface area (Å²) in [6.45, 7) is -0.329. The first-order valence-electron chi connectivity index (χ1n) is 4.36. The lowest BCUT2D eigenvalue weighted by atomic mass is 10.5. The van der Waals surface area contributed by atoms with Crippen molar-refractivity contribution in [1.29, 1.82) is 0 Å². The Morgan fingerprint density at radius 1 is 1.38 bits per heavy atom. The van der Waals surface area contributed by atoms with Crippen LogP contribution in [0.25, 0.3) is 0 Å². The lowest BCUT2D eigenvalue weighted by Gasteiger charge is -2.04. The van der Waals surface area contributed by atoms with E-state index < -0.39 is 11.8 Å². The Balaban J connectivity index is 2.43. The molecule has 0 bridgehead atoms. The van der Waals surface area contributed by atoms with Crippen LogP contribution in [0.5, 0.6) is 0 Å². The van der Waals surface area contributed by atoms with Crippen molar-refractivity contribution in [1.82, 2.24) is 15.3 Å². The van der Waals surface area contributed by atoms with Gasteiger partial charge >= 0.3 is 0 Å². The smallest absolute Gasteiger partial charge is 0.244 e. The summed E-state index contributed by atoms with van der Waals surface area (Å²) in [5, 5.41) is 4.97. The molecule has 0 aliphatic rings. The van der Waals surface area contributed by atoms with Crippen LogP contribution in [0.15, 0.2) is 12.4 Å². The molecule has 4 N–H and O–H groups in total. The highest BCUT2D eigenvalue weighted by atomic mass is 35.5. The van der Waals surface area contributed by atoms with Gasteiger partial charge in [0.2, 0.25) is 11.8 Å². The Labute approximate surface area is 96.4 Å². The van der Waals surface area contributed by atoms with Crippen molar-refractivity contribution < 1.29 is 9.59 Å². The van der Waals surface area contributed by atoms with E-state index in [1.807, 2.05) is 0 Å². The zero-order chi connectivity index (χ0) is 12.0. The molecule has 1 heterocycles. The number of hydrogen-bond donors (Lipinski definition) is 3. The number of aromatic nitrogens is 2. The Morgan fingerprint density at radius 2 is 2.12 bits per heavy atom. The van der Waals surface area contributed by atoms with Crippen LogP contribution in [0.4, 0.5) is 5.82 Å². The zero-order valence-electron chi connectivity index (χ0n) is 8.24. The maximum Gasteiger partial charge on any atom is 0.244 e. The number of nitrogens with two attached hydrogens (primary N) is 1. The fourth-order valence-corrected chi connectivity index (χ4v) is 0.987. The number of carbonyl (C=O) groups is 2. The first-order valence-corrected chi connectivity index (χ1v) is 4.74. The van der Waals surface area contributed by atoms with Gasteiger partial charge in [-0.2, -0.15) is 0 Å². The van der Waals surface area contributed by atoms with Crippen LogP contribution < -0.4 is 16.4 Å². The lowest BCUT2D eigenvalue weighted by Crippen LogP contribution is -2.36. The average Bonchev–Trinajstić information content (AvgIpc) is 2.26. The summed E-state index contributed by atoms with van der Waals surface area (Å²) in [5.74, 6) is -0.556. The molecular weight excluding hydrogens is 234 g/mol. The molecule has 0 aliphatic heterocycles. The maximum absolute atomic E-state index is 11.3. The molecule has 8 heteroatoms. The van der Waals surface area contributed by atoms with Gasteiger partial charge < -0.3 is 16.4 Å². The van der Waals surface area contributed by atoms with Gasteiger partial charge in [0.05, 0.1) is 13.1 Å². The molecular formula is C8H10ClN5O2. The number of anilines is 1. The first kappa shape index (κ1) is 12.3. The molecule has 0 fully saturated rings. The second-order valence-electron chi connectivity index (χ2n) is 2.76. The van der Waals surface area contributed by atoms with E-state index in [4.69, 9.17) is 17.3 Å². The van der Waals surface area contributed by atoms with Crippen molar-refractivity contribution >= 4 is 29.2 Å². The number of halogens is 1. The minimum absolute atomic E-state index is 0.160. The number of nitrogens with one attached hydrogen (secondary N) is 2. The molecule has 7 nitrogen and oxygen atoms in total. The molecule has 0 radical (unpaired) electrons. The van der Waals surface area contributed by atoms with Crippen molar-refractivity contribution in [3.8, 4) is 0 Å². The van der Waals surface area contributed by atoms with Gasteiger partial charge in [0.25, 0.3) is 0 Å². The van der Waals surface area contributed by atoms with Crippen molar-refractivity contribution in [2.75, 3.05) is 18.4 Å². The first-order chi connectivity index (χ1) is 7.61. The summed E-state index contributed by atoms with van der Waals surface area (Å²) < 4.78 is 0. The lowest BCUT2D eigenvalue weighted by molar-refractivity contribution is -0.123. The van der Waals surface area contributed by atoms with Crippen LogP contribution in [0, 0.1) is 0 Å². The third-order valence-electron chi connectivity index (χ3n) is 1.53. The number of amides is 2. The molecule has 1 aromatic rings. The number of rotatable bonds is 4. The summed E-state index contributed by atoms with van der Waals surface area (Å²) in [5.41, 5.74) is 5.05. The Kier molecular flexibility index (Phi) is 4.62. The molecule has 2 amide bonds. The Hall–Kier alpha value is -1.73. The fraction of sp³-hybridized carbons (Fsp3) is 0.250. The SMILES string of the molecule is NCC(=O)NCC(=O)Nc1cc(Cl)ncn1. The van der Waals surface area contributed by atoms with Crippen LogP contribution in [-0.2, 0) is 9.59 Å². The van der Waals surface area contributed by atoms with E-state index >= 15 is 0 Å². The van der Waals surface area contributed by atoms with E-state index in [-0.39, 0.29) is 24.1 Å². The predicted octanol–water partition coefficient (Wildman–Crippen LogP) is -0.857. The van der Waals surface area contributed by atoms with E-state index in [0.29, 0.717) is 0 Å². The van der Waals surface area contributed by atoms with Crippen LogP contribution in [0.2, 0.25) is 5.15 Å². The molecule has 0 aliphatic carbocycles. The van der Waals surface area contributed by atoms with E-state index in [2.05, 4.69) is 20.6 Å². The van der Waals surface area contributed by atoms with Crippen molar-refractivity contribution in [2.24, 2.45) is 5.73 Å². The Bertz CT molecular complexity index is 398. The highest BCUT2D eigenvalue weighted by Gasteiger charge is 2.05. The molecule has 1 aromatic heterocycles. The van der Waals surface area contributed by atoms with Gasteiger partial charge in [-0.25, -0.2) is 9.97 Å². The Morgan fingerprint density at radius 3 is 2.75 bits per heavy atom. The van der Waals surface area contributed by atoms with E-state index in [1.165, 1.54) is 12.4 Å². The molecule has 86 valence electrons. The van der Waals surface area contributed by atoms with Gasteiger partial charge in [-0.3, -0.25) is 9.59 Å². The topological polar surface area (TPSA) is 110 Å². The fourth-order valence-electron chi connectivity index (χ4n) is 0.840.